The van der Waals surface area contributed by atoms with Crippen LogP contribution in [-0.4, -0.2) is 47.9 Å². The van der Waals surface area contributed by atoms with E-state index >= 15 is 0 Å². The Kier molecular flexibility index (Phi) is 4.28. The number of ether oxygens (including phenoxy) is 3. The summed E-state index contributed by atoms with van der Waals surface area (Å²) in [6.45, 7) is 4.78. The van der Waals surface area contributed by atoms with Gasteiger partial charge in [-0.15, -0.1) is 0 Å². The molecular weight excluding hydrogens is 316 g/mol. The third-order valence-electron chi connectivity index (χ3n) is 4.42. The second kappa shape index (κ2) is 6.24. The Bertz CT molecular complexity index is 672. The first-order chi connectivity index (χ1) is 11.4. The molecule has 3 rings (SSSR count). The second-order valence-corrected chi connectivity index (χ2v) is 6.03. The predicted octanol–water partition coefficient (Wildman–Crippen LogP) is 0.580. The normalized spacial score (nSPS) is 34.5. The summed E-state index contributed by atoms with van der Waals surface area (Å²) in [4.78, 5) is 35.4. The molecule has 0 aromatic carbocycles. The van der Waals surface area contributed by atoms with E-state index in [2.05, 4.69) is 6.58 Å². The van der Waals surface area contributed by atoms with Gasteiger partial charge in [-0.3, -0.25) is 4.79 Å². The van der Waals surface area contributed by atoms with Crippen LogP contribution in [0.25, 0.3) is 0 Å². The van der Waals surface area contributed by atoms with Gasteiger partial charge in [0.2, 0.25) is 0 Å². The Morgan fingerprint density at radius 3 is 2.62 bits per heavy atom. The van der Waals surface area contributed by atoms with Gasteiger partial charge in [0.25, 0.3) is 0 Å². The molecule has 0 amide bonds. The van der Waals surface area contributed by atoms with Crippen molar-refractivity contribution in [2.24, 2.45) is 5.92 Å². The van der Waals surface area contributed by atoms with Crippen molar-refractivity contribution in [2.75, 3.05) is 6.61 Å². The minimum absolute atomic E-state index is 0.216. The average Bonchev–Trinajstić information content (AvgIpc) is 3.01. The van der Waals surface area contributed by atoms with Crippen LogP contribution in [-0.2, 0) is 28.6 Å². The van der Waals surface area contributed by atoms with E-state index in [1.807, 2.05) is 0 Å². The van der Waals surface area contributed by atoms with E-state index in [1.54, 1.807) is 12.2 Å². The van der Waals surface area contributed by atoms with Crippen LogP contribution in [0.4, 0.5) is 0 Å². The highest BCUT2D eigenvalue weighted by Gasteiger charge is 2.47. The van der Waals surface area contributed by atoms with Crippen molar-refractivity contribution in [2.45, 2.75) is 38.1 Å². The summed E-state index contributed by atoms with van der Waals surface area (Å²) in [6, 6.07) is 0. The van der Waals surface area contributed by atoms with Crippen LogP contribution < -0.4 is 0 Å². The fourth-order valence-electron chi connectivity index (χ4n) is 3.26. The summed E-state index contributed by atoms with van der Waals surface area (Å²) in [5.41, 5.74) is 1.10. The molecule has 7 heteroatoms. The van der Waals surface area contributed by atoms with Crippen molar-refractivity contribution in [3.05, 3.63) is 35.5 Å². The molecule has 0 spiro atoms. The summed E-state index contributed by atoms with van der Waals surface area (Å²) in [5, 5.41) is 9.54. The zero-order valence-electron chi connectivity index (χ0n) is 13.2. The lowest BCUT2D eigenvalue weighted by atomic mass is 9.87. The summed E-state index contributed by atoms with van der Waals surface area (Å²) in [7, 11) is 0. The zero-order chi connectivity index (χ0) is 17.4. The van der Waals surface area contributed by atoms with E-state index < -0.39 is 42.1 Å². The Morgan fingerprint density at radius 1 is 1.29 bits per heavy atom. The first-order valence-electron chi connectivity index (χ1n) is 7.71. The van der Waals surface area contributed by atoms with Gasteiger partial charge < -0.3 is 19.3 Å². The van der Waals surface area contributed by atoms with Crippen LogP contribution in [0.5, 0.6) is 0 Å². The molecule has 24 heavy (non-hydrogen) atoms. The second-order valence-electron chi connectivity index (χ2n) is 6.03. The van der Waals surface area contributed by atoms with Gasteiger partial charge >= 0.3 is 17.9 Å². The number of aliphatic hydroxyl groups is 1. The monoisotopic (exact) mass is 334 g/mol. The van der Waals surface area contributed by atoms with E-state index in [4.69, 9.17) is 14.2 Å². The molecule has 3 aliphatic rings. The number of carbonyl (C=O) groups is 3. The molecule has 0 aromatic rings. The number of aliphatic hydroxyl groups excluding tert-OH is 1. The number of esters is 3. The van der Waals surface area contributed by atoms with Crippen molar-refractivity contribution in [3.63, 3.8) is 0 Å². The standard InChI is InChI=1S/C17H18O7/c1-8-15-13(23-16(8)20)5-10(7-18)3-4-12(22-9(2)19)11-6-14(15)24-17(11)21/h5-6,12-15,18H,1,3-4,7H2,2H3/b10-5+/t12-,13+,14+,15-/m0/s1. The molecule has 0 saturated carbocycles. The largest absolute Gasteiger partial charge is 0.457 e. The number of hydrogen-bond donors (Lipinski definition) is 1. The molecule has 1 fully saturated rings. The number of rotatable bonds is 2. The third kappa shape index (κ3) is 2.87. The molecule has 2 aliphatic heterocycles. The van der Waals surface area contributed by atoms with E-state index in [0.717, 1.165) is 0 Å². The maximum absolute atomic E-state index is 12.2. The Morgan fingerprint density at radius 2 is 1.96 bits per heavy atom. The van der Waals surface area contributed by atoms with Gasteiger partial charge in [-0.2, -0.15) is 0 Å². The first kappa shape index (κ1) is 16.4. The third-order valence-corrected chi connectivity index (χ3v) is 4.42. The molecule has 4 atom stereocenters. The Labute approximate surface area is 138 Å². The minimum Gasteiger partial charge on any atom is -0.457 e. The van der Waals surface area contributed by atoms with Gasteiger partial charge in [0.15, 0.2) is 0 Å². The van der Waals surface area contributed by atoms with Gasteiger partial charge in [-0.25, -0.2) is 9.59 Å². The fourth-order valence-corrected chi connectivity index (χ4v) is 3.26. The quantitative estimate of drug-likeness (QED) is 0.341. The van der Waals surface area contributed by atoms with Crippen molar-refractivity contribution >= 4 is 17.9 Å². The molecule has 0 aromatic heterocycles. The van der Waals surface area contributed by atoms with Crippen LogP contribution in [0.2, 0.25) is 0 Å². The number of hydrogen-bond acceptors (Lipinski definition) is 7. The average molecular weight is 334 g/mol. The van der Waals surface area contributed by atoms with Crippen LogP contribution in [0.3, 0.4) is 0 Å². The lowest BCUT2D eigenvalue weighted by Crippen LogP contribution is -2.28. The van der Waals surface area contributed by atoms with Crippen LogP contribution in [0, 0.1) is 5.92 Å². The van der Waals surface area contributed by atoms with E-state index in [0.29, 0.717) is 18.4 Å². The maximum Gasteiger partial charge on any atom is 0.338 e. The van der Waals surface area contributed by atoms with Crippen LogP contribution >= 0.6 is 0 Å². The summed E-state index contributed by atoms with van der Waals surface area (Å²) >= 11 is 0. The number of carbonyl (C=O) groups excluding carboxylic acids is 3. The smallest absolute Gasteiger partial charge is 0.338 e. The van der Waals surface area contributed by atoms with Crippen molar-refractivity contribution < 1.29 is 33.7 Å². The van der Waals surface area contributed by atoms with Crippen LogP contribution in [0.15, 0.2) is 35.5 Å². The van der Waals surface area contributed by atoms with Crippen molar-refractivity contribution in [3.8, 4) is 0 Å². The SMILES string of the molecule is C=C1C(=O)O[C@@H]2/C=C(/CO)CC[C@H](OC(C)=O)C3=C[C@@H](OC3=O)[C@@H]12. The lowest BCUT2D eigenvalue weighted by molar-refractivity contribution is -0.147. The molecule has 7 nitrogen and oxygen atoms in total. The zero-order valence-corrected chi connectivity index (χ0v) is 13.2. The number of fused-ring (bicyclic) bond motifs is 3. The van der Waals surface area contributed by atoms with Crippen molar-refractivity contribution in [1.29, 1.82) is 0 Å². The van der Waals surface area contributed by atoms with Gasteiger partial charge in [-0.05, 0) is 30.6 Å². The predicted molar refractivity (Wildman–Crippen MR) is 80.4 cm³/mol. The van der Waals surface area contributed by atoms with Gasteiger partial charge in [0.05, 0.1) is 18.1 Å². The highest BCUT2D eigenvalue weighted by Crippen LogP contribution is 2.38. The van der Waals surface area contributed by atoms with Gasteiger partial charge in [0, 0.05) is 12.5 Å². The first-order valence-corrected chi connectivity index (χ1v) is 7.71. The van der Waals surface area contributed by atoms with Gasteiger partial charge in [0.1, 0.15) is 18.3 Å². The summed E-state index contributed by atoms with van der Waals surface area (Å²) in [6.07, 6.45) is 1.84. The molecule has 2 bridgehead atoms. The molecule has 128 valence electrons. The molecular formula is C17H18O7. The molecule has 0 radical (unpaired) electrons. The summed E-state index contributed by atoms with van der Waals surface area (Å²) < 4.78 is 15.9. The molecule has 2 heterocycles. The van der Waals surface area contributed by atoms with E-state index in [9.17, 15) is 19.5 Å². The summed E-state index contributed by atoms with van der Waals surface area (Å²) in [5.74, 6) is -2.20. The van der Waals surface area contributed by atoms with Crippen molar-refractivity contribution in [1.82, 2.24) is 0 Å². The lowest BCUT2D eigenvalue weighted by Gasteiger charge is -2.21. The molecule has 1 aliphatic carbocycles. The topological polar surface area (TPSA) is 99.1 Å². The highest BCUT2D eigenvalue weighted by atomic mass is 16.6. The highest BCUT2D eigenvalue weighted by molar-refractivity contribution is 5.94. The fraction of sp³-hybridized carbons (Fsp3) is 0.471. The molecule has 0 unspecified atom stereocenters. The molecule has 1 N–H and O–H groups in total. The van der Waals surface area contributed by atoms with E-state index in [1.165, 1.54) is 6.92 Å². The minimum atomic E-state index is -0.752. The Hall–Kier alpha value is -2.41. The van der Waals surface area contributed by atoms with E-state index in [-0.39, 0.29) is 17.8 Å². The Balaban J connectivity index is 2.01. The molecule has 1 saturated heterocycles. The maximum atomic E-state index is 12.2. The van der Waals surface area contributed by atoms with Gasteiger partial charge in [-0.1, -0.05) is 6.58 Å². The van der Waals surface area contributed by atoms with Crippen LogP contribution in [0.1, 0.15) is 19.8 Å².